The zero-order valence-electron chi connectivity index (χ0n) is 60.4. The average Bonchev–Trinajstić information content (AvgIpc) is 0.944. The van der Waals surface area contributed by atoms with Gasteiger partial charge in [0.1, 0.15) is 0 Å². The summed E-state index contributed by atoms with van der Waals surface area (Å²) < 4.78 is 338. The van der Waals surface area contributed by atoms with Gasteiger partial charge in [-0.15, -0.1) is 0 Å². The van der Waals surface area contributed by atoms with Gasteiger partial charge in [0, 0.05) is 44.3 Å². The molecule has 0 spiro atoms. The van der Waals surface area contributed by atoms with E-state index in [-0.39, 0.29) is 4.90 Å². The molecular weight excluding hydrogens is 567 g/mol. The molecule has 47 heavy (non-hydrogen) atoms. The summed E-state index contributed by atoms with van der Waals surface area (Å²) >= 11 is 0. The summed E-state index contributed by atoms with van der Waals surface area (Å²) in [5.74, 6) is 0. The second-order valence-corrected chi connectivity index (χ2v) is 10.5. The van der Waals surface area contributed by atoms with Gasteiger partial charge in [-0.05, 0) is 103 Å². The molecule has 0 saturated carbocycles. The van der Waals surface area contributed by atoms with E-state index in [1.54, 1.807) is 0 Å². The molecule has 1 nitrogen and oxygen atoms in total. The second kappa shape index (κ2) is 10.0. The minimum absolute atomic E-state index is 0.0521. The lowest BCUT2D eigenvalue weighted by Crippen LogP contribution is -2.24. The molecule has 226 valence electrons. The summed E-state index contributed by atoms with van der Waals surface area (Å²) in [6.45, 7) is -16.6. The van der Waals surface area contributed by atoms with Gasteiger partial charge in [0.2, 0.25) is 0 Å². The highest BCUT2D eigenvalue weighted by Crippen LogP contribution is 2.54. The van der Waals surface area contributed by atoms with Crippen LogP contribution in [0.5, 0.6) is 0 Å². The van der Waals surface area contributed by atoms with Crippen molar-refractivity contribution in [2.45, 2.75) is 38.2 Å². The zero-order valence-corrected chi connectivity index (χ0v) is 23.4. The van der Waals surface area contributed by atoms with Crippen molar-refractivity contribution in [3.05, 3.63) is 173 Å². The van der Waals surface area contributed by atoms with Crippen molar-refractivity contribution in [2.75, 3.05) is 4.90 Å². The van der Waals surface area contributed by atoms with Crippen molar-refractivity contribution in [3.8, 4) is 33.4 Å². The average molecular weight is 641 g/mol. The van der Waals surface area contributed by atoms with Crippen LogP contribution >= 0.6 is 0 Å². The number of hydrogen-bond acceptors (Lipinski definition) is 1. The van der Waals surface area contributed by atoms with E-state index >= 15 is 0 Å². The summed E-state index contributed by atoms with van der Waals surface area (Å²) in [5.41, 5.74) is -24.6. The highest BCUT2D eigenvalue weighted by molar-refractivity contribution is 6.09. The van der Waals surface area contributed by atoms with Gasteiger partial charge in [0.05, 0.1) is 34.3 Å². The van der Waals surface area contributed by atoms with Crippen LogP contribution < -0.4 is 4.90 Å². The van der Waals surface area contributed by atoms with Crippen LogP contribution in [0.1, 0.15) is 100 Å². The molecule has 0 aromatic heterocycles. The molecule has 0 N–H and O–H groups in total. The van der Waals surface area contributed by atoms with Crippen LogP contribution in [0, 0.1) is 0 Å². The van der Waals surface area contributed by atoms with Crippen LogP contribution in [-0.2, 0) is 10.8 Å². The number of rotatable bonds is 4. The van der Waals surface area contributed by atoms with Crippen LogP contribution in [0.25, 0.3) is 44.2 Å². The fourth-order valence-corrected chi connectivity index (χ4v) is 5.83. The van der Waals surface area contributed by atoms with Crippen molar-refractivity contribution in [1.29, 1.82) is 0 Å². The van der Waals surface area contributed by atoms with E-state index in [0.29, 0.717) is 0 Å². The first-order chi connectivity index (χ1) is 38.3. The molecule has 0 saturated heterocycles. The molecule has 0 fully saturated rings. The number of anilines is 3. The molecule has 0 heterocycles. The Labute approximate surface area is 329 Å². The third kappa shape index (κ3) is 4.02. The van der Waals surface area contributed by atoms with E-state index in [1.807, 2.05) is 0 Å². The number of fused-ring (bicyclic) bond motifs is 5. The van der Waals surface area contributed by atoms with E-state index in [9.17, 15) is 15.1 Å². The van der Waals surface area contributed by atoms with Crippen molar-refractivity contribution in [1.82, 2.24) is 0 Å². The Hall–Kier alpha value is -5.40. The second-order valence-electron chi connectivity index (χ2n) is 10.5. The Balaban J connectivity index is 1.68. The van der Waals surface area contributed by atoms with Gasteiger partial charge in [-0.25, -0.2) is 0 Å². The van der Waals surface area contributed by atoms with Gasteiger partial charge >= 0.3 is 0 Å². The molecule has 7 aromatic carbocycles. The minimum atomic E-state index is -4.22. The lowest BCUT2D eigenvalue weighted by molar-refractivity contribution is 0.645. The predicted octanol–water partition coefficient (Wildman–Crippen LogP) is 12.6. The summed E-state index contributed by atoms with van der Waals surface area (Å²) in [4.78, 5) is 0.0521. The molecular formula is C46H37N. The third-order valence-corrected chi connectivity index (χ3v) is 7.88. The van der Waals surface area contributed by atoms with Gasteiger partial charge in [-0.1, -0.05) is 142 Å². The molecule has 0 unspecified atom stereocenters. The van der Waals surface area contributed by atoms with E-state index < -0.39 is 273 Å². The first kappa shape index (κ1) is 9.14. The van der Waals surface area contributed by atoms with E-state index in [0.717, 1.165) is 0 Å². The minimum Gasteiger partial charge on any atom is -0.310 e. The van der Waals surface area contributed by atoms with Gasteiger partial charge in [0.15, 0.2) is 0 Å². The van der Waals surface area contributed by atoms with Gasteiger partial charge in [-0.3, -0.25) is 0 Å². The fraction of sp³-hybridized carbons (Fsp3) is 0.130. The van der Waals surface area contributed by atoms with Crippen LogP contribution in [-0.4, -0.2) is 0 Å². The molecule has 0 aliphatic heterocycles. The highest BCUT2D eigenvalue weighted by Gasteiger charge is 2.37. The van der Waals surface area contributed by atoms with Crippen molar-refractivity contribution in [2.24, 2.45) is 0 Å². The highest BCUT2D eigenvalue weighted by atomic mass is 15.1. The van der Waals surface area contributed by atoms with Gasteiger partial charge < -0.3 is 4.90 Å². The Kier molecular flexibility index (Phi) is 1.95. The van der Waals surface area contributed by atoms with Crippen LogP contribution in [0.3, 0.4) is 0 Å². The molecule has 0 amide bonds. The number of para-hydroxylation sites is 1. The molecule has 0 radical (unpaired) electrons. The van der Waals surface area contributed by atoms with Crippen LogP contribution in [0.2, 0.25) is 0 Å². The van der Waals surface area contributed by atoms with E-state index in [1.165, 1.54) is 0 Å². The van der Waals surface area contributed by atoms with E-state index in [4.69, 9.17) is 35.6 Å². The zero-order chi connectivity index (χ0) is 63.7. The Bertz CT molecular complexity index is 4110. The quantitative estimate of drug-likeness (QED) is 0.185. The smallest absolute Gasteiger partial charge is 0.0652 e. The molecule has 0 atom stereocenters. The van der Waals surface area contributed by atoms with Gasteiger partial charge in [-0.2, -0.15) is 0 Å². The molecule has 7 aromatic rings. The SMILES string of the molecule is [2H]c1c([2H])c([2H])c(-c2c([2H])c([2H])c3c([2H])c([2H])c([2H])c4c3c2-c2c([2H])c(N(c3c([2H])c([2H])c([2H])c([2H])c3[2H])c3c([2H])c([2H])c5c(c3[2H])C(C([2H])([2H])[2H])(C([2H])([2H])[2H])c3c([2H])c([2H])c([2H])c([2H])c3-5)c([2H])c([2H])c2C4(C([2H])([2H])[2H])C([2H])([2H])[2H])c([2H])c1[2H]. The predicted molar refractivity (Wildman–Crippen MR) is 199 cm³/mol. The molecule has 9 rings (SSSR count). The van der Waals surface area contributed by atoms with Crippen molar-refractivity contribution in [3.63, 3.8) is 0 Å². The van der Waals surface area contributed by atoms with Crippen molar-refractivity contribution < 1.29 is 50.7 Å². The van der Waals surface area contributed by atoms with Crippen LogP contribution in [0.4, 0.5) is 17.1 Å². The monoisotopic (exact) mass is 641 g/mol. The molecule has 1 heteroatoms. The Morgan fingerprint density at radius 2 is 1.06 bits per heavy atom. The first-order valence-electron chi connectivity index (χ1n) is 32.2. The fourth-order valence-electron chi connectivity index (χ4n) is 5.83. The normalized spacial score (nSPS) is 27.0. The standard InChI is InChI=1S/C46H37N/c1-45(2)40-27-24-33(28-38(40)44-35(30-14-7-5-8-15-30)25-22-31-16-13-21-41(45)43(31)44)47(32-17-9-6-10-18-32)34-23-26-37-36-19-11-12-20-39(36)46(3,4)42(37)29-34/h5-29H,1-4H3/i1D3,2D3,3D3,4D3,5D,6D,7D,8D,9D,10D,11D,12D,13D,14D,15D,16D,17D,18D,19D,20D,21D,22D,23D,24D,25D,26D,27D,28D,29D. The number of hydrogen-bond donors (Lipinski definition) is 0. The lowest BCUT2D eigenvalue weighted by atomic mass is 9.67. The molecule has 0 bridgehead atoms. The summed E-state index contributed by atoms with van der Waals surface area (Å²) in [6.07, 6.45) is 0. The van der Waals surface area contributed by atoms with Crippen molar-refractivity contribution >= 4 is 27.8 Å². The largest absolute Gasteiger partial charge is 0.310 e. The van der Waals surface area contributed by atoms with Gasteiger partial charge in [0.25, 0.3) is 0 Å². The molecule has 2 aliphatic carbocycles. The Morgan fingerprint density at radius 1 is 0.447 bits per heavy atom. The topological polar surface area (TPSA) is 3.24 Å². The Morgan fingerprint density at radius 3 is 1.87 bits per heavy atom. The maximum absolute atomic E-state index is 10.4. The number of benzene rings is 7. The number of nitrogens with zero attached hydrogens (tertiary/aromatic N) is 1. The molecule has 2 aliphatic rings. The lowest BCUT2D eigenvalue weighted by Gasteiger charge is -2.37. The first-order valence-corrected chi connectivity index (χ1v) is 13.7. The maximum atomic E-state index is 10.4. The summed E-state index contributed by atoms with van der Waals surface area (Å²) in [5, 5.41) is -2.13. The third-order valence-electron chi connectivity index (χ3n) is 7.88. The summed E-state index contributed by atoms with van der Waals surface area (Å²) in [7, 11) is 0. The maximum Gasteiger partial charge on any atom is 0.0652 e. The summed E-state index contributed by atoms with van der Waals surface area (Å²) in [6, 6.07) is -33.1. The van der Waals surface area contributed by atoms with Crippen LogP contribution in [0.15, 0.2) is 151 Å². The van der Waals surface area contributed by atoms with E-state index in [2.05, 4.69) is 0 Å².